The fraction of sp³-hybridized carbons (Fsp3) is 0.292. The summed E-state index contributed by atoms with van der Waals surface area (Å²) in [5.41, 5.74) is 11.2. The zero-order valence-corrected chi connectivity index (χ0v) is 21.9. The van der Waals surface area contributed by atoms with Gasteiger partial charge in [-0.3, -0.25) is 0 Å². The van der Waals surface area contributed by atoms with E-state index in [1.807, 2.05) is 29.6 Å². The lowest BCUT2D eigenvalue weighted by atomic mass is 10.0. The predicted molar refractivity (Wildman–Crippen MR) is 145 cm³/mol. The zero-order valence-electron chi connectivity index (χ0n) is 18.7. The standard InChI is InChI=1S/C24H25ClN4O2S3/c1-2-3-11-33-23-20(26)19-17(13-18(29-22(19)34-23)21-27-10-12-32-21)16-6-4-15(5-7-16)14-31-24(30)28-9-8-25/h4-7,10,12-13H,2-3,8-9,11,14,26H2,1H3,(H,28,30). The smallest absolute Gasteiger partial charge is 0.407 e. The van der Waals surface area contributed by atoms with Crippen LogP contribution in [-0.4, -0.2) is 34.2 Å². The number of hydrogen-bond acceptors (Lipinski definition) is 8. The van der Waals surface area contributed by atoms with E-state index in [0.717, 1.165) is 66.1 Å². The van der Waals surface area contributed by atoms with Gasteiger partial charge in [-0.2, -0.15) is 0 Å². The molecular formula is C24H25ClN4O2S3. The molecule has 0 spiro atoms. The molecule has 0 saturated carbocycles. The third-order valence-corrected chi connectivity index (χ3v) is 8.50. The monoisotopic (exact) mass is 532 g/mol. The Kier molecular flexibility index (Phi) is 8.66. The normalized spacial score (nSPS) is 11.1. The molecular weight excluding hydrogens is 508 g/mol. The molecule has 3 heterocycles. The average Bonchev–Trinajstić information content (AvgIpc) is 3.50. The summed E-state index contributed by atoms with van der Waals surface area (Å²) < 4.78 is 6.35. The molecule has 0 aliphatic rings. The minimum Gasteiger partial charge on any atom is -0.445 e. The Morgan fingerprint density at radius 1 is 1.29 bits per heavy atom. The van der Waals surface area contributed by atoms with E-state index in [4.69, 9.17) is 27.1 Å². The van der Waals surface area contributed by atoms with Gasteiger partial charge in [-0.05, 0) is 34.9 Å². The van der Waals surface area contributed by atoms with Crippen LogP contribution < -0.4 is 11.1 Å². The number of thiophene rings is 1. The maximum atomic E-state index is 11.7. The minimum atomic E-state index is -0.479. The van der Waals surface area contributed by atoms with Crippen molar-refractivity contribution in [2.24, 2.45) is 0 Å². The maximum absolute atomic E-state index is 11.7. The minimum absolute atomic E-state index is 0.184. The number of unbranched alkanes of at least 4 members (excludes halogenated alkanes) is 1. The van der Waals surface area contributed by atoms with Crippen molar-refractivity contribution >= 4 is 68.0 Å². The number of halogens is 1. The molecule has 3 N–H and O–H groups in total. The first-order valence-electron chi connectivity index (χ1n) is 10.9. The molecule has 1 amide bonds. The van der Waals surface area contributed by atoms with Crippen LogP contribution in [0, 0.1) is 0 Å². The fourth-order valence-electron chi connectivity index (χ4n) is 3.33. The predicted octanol–water partition coefficient (Wildman–Crippen LogP) is 7.03. The molecule has 0 atom stereocenters. The van der Waals surface area contributed by atoms with Gasteiger partial charge in [-0.15, -0.1) is 46.0 Å². The molecule has 0 saturated heterocycles. The van der Waals surface area contributed by atoms with Gasteiger partial charge < -0.3 is 15.8 Å². The van der Waals surface area contributed by atoms with E-state index in [1.165, 1.54) is 0 Å². The number of alkyl carbamates (subject to hydrolysis) is 1. The Labute approximate surface area is 215 Å². The van der Waals surface area contributed by atoms with Gasteiger partial charge in [0.1, 0.15) is 22.1 Å². The number of fused-ring (bicyclic) bond motifs is 1. The first-order chi connectivity index (χ1) is 16.6. The Morgan fingerprint density at radius 3 is 2.82 bits per heavy atom. The molecule has 0 aliphatic heterocycles. The van der Waals surface area contributed by atoms with Crippen LogP contribution in [0.3, 0.4) is 0 Å². The number of rotatable bonds is 10. The second-order valence-electron chi connectivity index (χ2n) is 7.47. The van der Waals surface area contributed by atoms with Crippen molar-refractivity contribution in [1.29, 1.82) is 0 Å². The van der Waals surface area contributed by atoms with Gasteiger partial charge in [-0.1, -0.05) is 37.6 Å². The van der Waals surface area contributed by atoms with Gasteiger partial charge >= 0.3 is 6.09 Å². The highest BCUT2D eigenvalue weighted by Gasteiger charge is 2.19. The van der Waals surface area contributed by atoms with E-state index in [-0.39, 0.29) is 6.61 Å². The number of ether oxygens (including phenoxy) is 1. The first kappa shape index (κ1) is 24.8. The summed E-state index contributed by atoms with van der Waals surface area (Å²) in [5.74, 6) is 1.38. The number of nitrogens with one attached hydrogen (secondary N) is 1. The molecule has 3 aromatic heterocycles. The second kappa shape index (κ2) is 11.9. The summed E-state index contributed by atoms with van der Waals surface area (Å²) in [5, 5.41) is 6.40. The van der Waals surface area contributed by atoms with Gasteiger partial charge in [0.25, 0.3) is 0 Å². The van der Waals surface area contributed by atoms with Crippen LogP contribution >= 0.6 is 46.0 Å². The Morgan fingerprint density at radius 2 is 2.12 bits per heavy atom. The summed E-state index contributed by atoms with van der Waals surface area (Å²) in [7, 11) is 0. The van der Waals surface area contributed by atoms with Gasteiger partial charge in [0.05, 0.1) is 9.90 Å². The second-order valence-corrected chi connectivity index (χ2v) is 11.1. The highest BCUT2D eigenvalue weighted by atomic mass is 35.5. The van der Waals surface area contributed by atoms with Crippen LogP contribution in [0.5, 0.6) is 0 Å². The van der Waals surface area contributed by atoms with Gasteiger partial charge in [-0.25, -0.2) is 14.8 Å². The number of thiazole rings is 1. The third-order valence-electron chi connectivity index (χ3n) is 5.05. The number of alkyl halides is 1. The lowest BCUT2D eigenvalue weighted by molar-refractivity contribution is 0.140. The number of thioether (sulfide) groups is 1. The number of nitrogens with zero attached hydrogens (tertiary/aromatic N) is 2. The topological polar surface area (TPSA) is 90.1 Å². The van der Waals surface area contributed by atoms with Crippen molar-refractivity contribution < 1.29 is 9.53 Å². The number of aromatic nitrogens is 2. The van der Waals surface area contributed by atoms with E-state index >= 15 is 0 Å². The number of pyridine rings is 1. The molecule has 1 aromatic carbocycles. The maximum Gasteiger partial charge on any atom is 0.407 e. The Bertz CT molecular complexity index is 1240. The number of hydrogen-bond donors (Lipinski definition) is 2. The van der Waals surface area contributed by atoms with Crippen LogP contribution in [-0.2, 0) is 11.3 Å². The number of benzene rings is 1. The van der Waals surface area contributed by atoms with Crippen molar-refractivity contribution in [2.75, 3.05) is 23.9 Å². The molecule has 0 aliphatic carbocycles. The largest absolute Gasteiger partial charge is 0.445 e. The van der Waals surface area contributed by atoms with Gasteiger partial charge in [0, 0.05) is 29.4 Å². The number of carbonyl (C=O) groups is 1. The number of anilines is 1. The summed E-state index contributed by atoms with van der Waals surface area (Å²) in [6, 6.07) is 10.0. The molecule has 4 rings (SSSR count). The van der Waals surface area contributed by atoms with Crippen molar-refractivity contribution in [3.63, 3.8) is 0 Å². The first-order valence-corrected chi connectivity index (χ1v) is 14.1. The number of nitrogen functional groups attached to an aromatic ring is 1. The molecule has 0 fully saturated rings. The molecule has 0 unspecified atom stereocenters. The molecule has 0 radical (unpaired) electrons. The highest BCUT2D eigenvalue weighted by Crippen LogP contribution is 2.45. The number of amides is 1. The molecule has 34 heavy (non-hydrogen) atoms. The number of nitrogens with two attached hydrogens (primary N) is 1. The quantitative estimate of drug-likeness (QED) is 0.129. The van der Waals surface area contributed by atoms with Gasteiger partial charge in [0.15, 0.2) is 0 Å². The molecule has 6 nitrogen and oxygen atoms in total. The van der Waals surface area contributed by atoms with Crippen LogP contribution in [0.1, 0.15) is 25.3 Å². The van der Waals surface area contributed by atoms with E-state index in [9.17, 15) is 4.79 Å². The van der Waals surface area contributed by atoms with Crippen LogP contribution in [0.15, 0.2) is 46.1 Å². The van der Waals surface area contributed by atoms with Crippen molar-refractivity contribution in [2.45, 2.75) is 30.6 Å². The van der Waals surface area contributed by atoms with Crippen molar-refractivity contribution in [3.8, 4) is 21.8 Å². The van der Waals surface area contributed by atoms with Crippen molar-refractivity contribution in [3.05, 3.63) is 47.5 Å². The molecule has 10 heteroatoms. The lowest BCUT2D eigenvalue weighted by Gasteiger charge is -2.09. The average molecular weight is 533 g/mol. The van der Waals surface area contributed by atoms with E-state index in [2.05, 4.69) is 23.3 Å². The highest BCUT2D eigenvalue weighted by molar-refractivity contribution is 8.01. The van der Waals surface area contributed by atoms with Crippen LogP contribution in [0.2, 0.25) is 0 Å². The fourth-order valence-corrected chi connectivity index (χ4v) is 6.48. The summed E-state index contributed by atoms with van der Waals surface area (Å²) >= 11 is 10.6. The van der Waals surface area contributed by atoms with Crippen molar-refractivity contribution in [1.82, 2.24) is 15.3 Å². The molecule has 178 valence electrons. The summed E-state index contributed by atoms with van der Waals surface area (Å²) in [4.78, 5) is 22.0. The third kappa shape index (κ3) is 5.83. The zero-order chi connectivity index (χ0) is 23.9. The summed E-state index contributed by atoms with van der Waals surface area (Å²) in [6.45, 7) is 2.75. The molecule has 4 aromatic rings. The van der Waals surface area contributed by atoms with E-state index in [1.54, 1.807) is 40.6 Å². The number of carbonyl (C=O) groups excluding carboxylic acids is 1. The Hall–Kier alpha value is -2.33. The van der Waals surface area contributed by atoms with Crippen LogP contribution in [0.4, 0.5) is 10.5 Å². The van der Waals surface area contributed by atoms with Gasteiger partial charge in [0.2, 0.25) is 0 Å². The SMILES string of the molecule is CCCCSc1sc2nc(-c3nccs3)cc(-c3ccc(COC(=O)NCCCl)cc3)c2c1N. The lowest BCUT2D eigenvalue weighted by Crippen LogP contribution is -2.25. The van der Waals surface area contributed by atoms with E-state index in [0.29, 0.717) is 12.4 Å². The summed E-state index contributed by atoms with van der Waals surface area (Å²) in [6.07, 6.45) is 3.61. The van der Waals surface area contributed by atoms with Crippen LogP contribution in [0.25, 0.3) is 32.0 Å². The van der Waals surface area contributed by atoms with E-state index < -0.39 is 6.09 Å². The molecule has 0 bridgehead atoms. The Balaban J connectivity index is 1.66.